The van der Waals surface area contributed by atoms with E-state index in [0.717, 1.165) is 31.2 Å². The Morgan fingerprint density at radius 1 is 1.08 bits per heavy atom. The number of halogens is 2. The number of rotatable bonds is 5. The third kappa shape index (κ3) is 3.92. The van der Waals surface area contributed by atoms with Crippen molar-refractivity contribution in [1.29, 1.82) is 0 Å². The first-order valence-electron chi connectivity index (χ1n) is 8.45. The van der Waals surface area contributed by atoms with Crippen molar-refractivity contribution in [1.82, 2.24) is 15.1 Å². The minimum Gasteiger partial charge on any atom is -0.441 e. The molecule has 1 aliphatic carbocycles. The van der Waals surface area contributed by atoms with Gasteiger partial charge in [0, 0.05) is 23.4 Å². The maximum atomic E-state index is 6.35. The Morgan fingerprint density at radius 2 is 1.77 bits per heavy atom. The van der Waals surface area contributed by atoms with Crippen molar-refractivity contribution in [2.45, 2.75) is 44.1 Å². The molecular weight excluding hydrogens is 375 g/mol. The summed E-state index contributed by atoms with van der Waals surface area (Å²) in [7, 11) is 0. The predicted octanol–water partition coefficient (Wildman–Crippen LogP) is 4.31. The smallest absolute Gasteiger partial charge is 0.227 e. The average Bonchev–Trinajstić information content (AvgIpc) is 3.34. The molecule has 0 spiro atoms. The second-order valence-electron chi connectivity index (χ2n) is 6.50. The summed E-state index contributed by atoms with van der Waals surface area (Å²) in [4.78, 5) is 8.78. The van der Waals surface area contributed by atoms with Gasteiger partial charge in [-0.1, -0.05) is 29.6 Å². The molecule has 26 heavy (non-hydrogen) atoms. The molecule has 138 valence electrons. The summed E-state index contributed by atoms with van der Waals surface area (Å²) < 4.78 is 11.1. The molecule has 1 aliphatic rings. The molecule has 6 nitrogen and oxygen atoms in total. The maximum Gasteiger partial charge on any atom is 0.227 e. The Balaban J connectivity index is 0.00000196. The van der Waals surface area contributed by atoms with Crippen molar-refractivity contribution < 1.29 is 8.94 Å². The highest BCUT2D eigenvalue weighted by Crippen LogP contribution is 2.34. The molecule has 1 saturated carbocycles. The largest absolute Gasteiger partial charge is 0.441 e. The van der Waals surface area contributed by atoms with Crippen molar-refractivity contribution in [3.05, 3.63) is 53.1 Å². The fraction of sp³-hybridized carbons (Fsp3) is 0.389. The molecule has 0 radical (unpaired) electrons. The van der Waals surface area contributed by atoms with Gasteiger partial charge in [0.25, 0.3) is 0 Å². The molecule has 3 aromatic rings. The van der Waals surface area contributed by atoms with Gasteiger partial charge in [0.05, 0.1) is 11.7 Å². The summed E-state index contributed by atoms with van der Waals surface area (Å²) in [6, 6.07) is 7.45. The molecule has 2 N–H and O–H groups in total. The second kappa shape index (κ2) is 7.78. The van der Waals surface area contributed by atoms with Gasteiger partial charge >= 0.3 is 0 Å². The number of aromatic nitrogens is 3. The van der Waals surface area contributed by atoms with Crippen LogP contribution in [0.15, 0.2) is 39.4 Å². The number of aryl methyl sites for hydroxylation is 2. The number of hydrogen-bond acceptors (Lipinski definition) is 6. The lowest BCUT2D eigenvalue weighted by Crippen LogP contribution is -2.34. The zero-order chi connectivity index (χ0) is 17.3. The van der Waals surface area contributed by atoms with Crippen LogP contribution in [0.5, 0.6) is 0 Å². The summed E-state index contributed by atoms with van der Waals surface area (Å²) >= 11 is 5.90. The Kier molecular flexibility index (Phi) is 5.65. The lowest BCUT2D eigenvalue weighted by Gasteiger charge is -2.17. The normalized spacial score (nSPS) is 15.8. The fourth-order valence-corrected chi connectivity index (χ4v) is 3.30. The van der Waals surface area contributed by atoms with E-state index < -0.39 is 5.54 Å². The van der Waals surface area contributed by atoms with E-state index in [1.807, 2.05) is 24.3 Å². The first-order valence-corrected chi connectivity index (χ1v) is 8.83. The first kappa shape index (κ1) is 18.9. The first-order chi connectivity index (χ1) is 12.1. The highest BCUT2D eigenvalue weighted by molar-refractivity contribution is 6.30. The number of oxazole rings is 1. The third-order valence-corrected chi connectivity index (χ3v) is 4.90. The molecule has 8 heteroatoms. The lowest BCUT2D eigenvalue weighted by molar-refractivity contribution is 0.346. The number of nitrogens with zero attached hydrogens (tertiary/aromatic N) is 3. The van der Waals surface area contributed by atoms with Crippen LogP contribution in [0.25, 0.3) is 11.3 Å². The van der Waals surface area contributed by atoms with Gasteiger partial charge in [-0.2, -0.15) is 4.98 Å². The summed E-state index contributed by atoms with van der Waals surface area (Å²) in [6.07, 6.45) is 6.93. The Labute approximate surface area is 162 Å². The summed E-state index contributed by atoms with van der Waals surface area (Å²) in [5.74, 6) is 2.53. The molecule has 1 fully saturated rings. The molecule has 0 bridgehead atoms. The number of nitrogens with two attached hydrogens (primary N) is 1. The van der Waals surface area contributed by atoms with Gasteiger partial charge in [-0.15, -0.1) is 12.4 Å². The van der Waals surface area contributed by atoms with Crippen molar-refractivity contribution in [2.75, 3.05) is 0 Å². The van der Waals surface area contributed by atoms with Crippen LogP contribution in [0.4, 0.5) is 0 Å². The molecule has 1 aromatic carbocycles. The van der Waals surface area contributed by atoms with E-state index in [1.165, 1.54) is 0 Å². The molecule has 0 amide bonds. The summed E-state index contributed by atoms with van der Waals surface area (Å²) in [5, 5.41) is 4.76. The monoisotopic (exact) mass is 394 g/mol. The van der Waals surface area contributed by atoms with Crippen molar-refractivity contribution in [2.24, 2.45) is 5.73 Å². The van der Waals surface area contributed by atoms with Gasteiger partial charge in [-0.05, 0) is 37.1 Å². The van der Waals surface area contributed by atoms with Crippen LogP contribution in [0, 0.1) is 0 Å². The topological polar surface area (TPSA) is 91.0 Å². The molecule has 0 atom stereocenters. The van der Waals surface area contributed by atoms with Gasteiger partial charge in [-0.3, -0.25) is 0 Å². The van der Waals surface area contributed by atoms with Gasteiger partial charge in [-0.25, -0.2) is 4.98 Å². The third-order valence-electron chi connectivity index (χ3n) is 4.64. The van der Waals surface area contributed by atoms with Crippen LogP contribution in [-0.4, -0.2) is 15.1 Å². The SMILES string of the molecule is Cl.NC1(c2noc(CCc3ncc(-c4ccc(Cl)cc4)o3)n2)CCCC1. The van der Waals surface area contributed by atoms with Crippen molar-refractivity contribution in [3.8, 4) is 11.3 Å². The highest BCUT2D eigenvalue weighted by Gasteiger charge is 2.35. The van der Waals surface area contributed by atoms with Gasteiger partial charge in [0.2, 0.25) is 5.89 Å². The Bertz CT molecular complexity index is 854. The molecular formula is C18H20Cl2N4O2. The van der Waals surface area contributed by atoms with E-state index in [2.05, 4.69) is 15.1 Å². The molecule has 2 aromatic heterocycles. The highest BCUT2D eigenvalue weighted by atomic mass is 35.5. The fourth-order valence-electron chi connectivity index (χ4n) is 3.18. The zero-order valence-corrected chi connectivity index (χ0v) is 15.7. The van der Waals surface area contributed by atoms with Crippen LogP contribution in [-0.2, 0) is 18.4 Å². The van der Waals surface area contributed by atoms with Crippen molar-refractivity contribution in [3.63, 3.8) is 0 Å². The van der Waals surface area contributed by atoms with Crippen molar-refractivity contribution >= 4 is 24.0 Å². The lowest BCUT2D eigenvalue weighted by atomic mass is 9.99. The summed E-state index contributed by atoms with van der Waals surface area (Å²) in [6.45, 7) is 0. The van der Waals surface area contributed by atoms with E-state index >= 15 is 0 Å². The molecule has 0 unspecified atom stereocenters. The quantitative estimate of drug-likeness (QED) is 0.692. The van der Waals surface area contributed by atoms with E-state index in [-0.39, 0.29) is 12.4 Å². The van der Waals surface area contributed by atoms with E-state index in [1.54, 1.807) is 6.20 Å². The minimum atomic E-state index is -0.424. The molecule has 0 saturated heterocycles. The van der Waals surface area contributed by atoms with E-state index in [4.69, 9.17) is 26.3 Å². The molecule has 2 heterocycles. The van der Waals surface area contributed by atoms with Crippen LogP contribution in [0.2, 0.25) is 5.02 Å². The number of hydrogen-bond donors (Lipinski definition) is 1. The van der Waals surface area contributed by atoms with Crippen LogP contribution in [0.3, 0.4) is 0 Å². The standard InChI is InChI=1S/C18H19ClN4O2.ClH/c19-13-5-3-12(4-6-13)14-11-21-15(24-14)7-8-16-22-17(23-25-16)18(20)9-1-2-10-18;/h3-6,11H,1-2,7-10,20H2;1H. The minimum absolute atomic E-state index is 0. The molecule has 0 aliphatic heterocycles. The van der Waals surface area contributed by atoms with Crippen LogP contribution >= 0.6 is 24.0 Å². The number of benzene rings is 1. The van der Waals surface area contributed by atoms with Crippen LogP contribution < -0.4 is 5.73 Å². The average molecular weight is 395 g/mol. The van der Waals surface area contributed by atoms with E-state index in [0.29, 0.717) is 41.2 Å². The van der Waals surface area contributed by atoms with E-state index in [9.17, 15) is 0 Å². The van der Waals surface area contributed by atoms with Gasteiger partial charge in [0.15, 0.2) is 17.5 Å². The van der Waals surface area contributed by atoms with Crippen LogP contribution in [0.1, 0.15) is 43.3 Å². The maximum absolute atomic E-state index is 6.35. The molecule has 4 rings (SSSR count). The summed E-state index contributed by atoms with van der Waals surface area (Å²) in [5.41, 5.74) is 6.87. The van der Waals surface area contributed by atoms with Gasteiger partial charge < -0.3 is 14.7 Å². The Hall–Kier alpha value is -1.89. The predicted molar refractivity (Wildman–Crippen MR) is 100 cm³/mol. The second-order valence-corrected chi connectivity index (χ2v) is 6.94. The Morgan fingerprint density at radius 3 is 2.50 bits per heavy atom. The zero-order valence-electron chi connectivity index (χ0n) is 14.2. The van der Waals surface area contributed by atoms with Gasteiger partial charge in [0.1, 0.15) is 0 Å².